The van der Waals surface area contributed by atoms with Crippen molar-refractivity contribution in [2.45, 2.75) is 33.0 Å². The first-order valence-corrected chi connectivity index (χ1v) is 6.49. The maximum atomic E-state index is 12.8. The second-order valence-electron chi connectivity index (χ2n) is 4.78. The van der Waals surface area contributed by atoms with Gasteiger partial charge in [0, 0.05) is 24.2 Å². The summed E-state index contributed by atoms with van der Waals surface area (Å²) in [4.78, 5) is 14.8. The Bertz CT molecular complexity index is 659. The van der Waals surface area contributed by atoms with E-state index in [2.05, 4.69) is 4.98 Å². The van der Waals surface area contributed by atoms with Gasteiger partial charge in [-0.05, 0) is 26.0 Å². The molecule has 3 nitrogen and oxygen atoms in total. The Labute approximate surface area is 120 Å². The standard InChI is InChI=1S/C15H15F3N2O/c1-10-14(19-11(2)20(10)7-4-8-21)12-5-3-6-13(9-12)15(16,17)18/h3,5-6,8-9H,4,7H2,1-2H3. The highest BCUT2D eigenvalue weighted by Crippen LogP contribution is 2.32. The number of aldehydes is 1. The van der Waals surface area contributed by atoms with Crippen molar-refractivity contribution >= 4 is 6.29 Å². The molecule has 0 radical (unpaired) electrons. The van der Waals surface area contributed by atoms with Crippen LogP contribution in [0.5, 0.6) is 0 Å². The lowest BCUT2D eigenvalue weighted by Crippen LogP contribution is -2.05. The molecule has 0 aliphatic heterocycles. The summed E-state index contributed by atoms with van der Waals surface area (Å²) in [6.07, 6.45) is -3.22. The summed E-state index contributed by atoms with van der Waals surface area (Å²) in [5.41, 5.74) is 1.01. The smallest absolute Gasteiger partial charge is 0.331 e. The molecule has 2 rings (SSSR count). The van der Waals surface area contributed by atoms with Gasteiger partial charge in [-0.15, -0.1) is 0 Å². The van der Waals surface area contributed by atoms with Crippen molar-refractivity contribution in [2.75, 3.05) is 0 Å². The van der Waals surface area contributed by atoms with E-state index in [0.29, 0.717) is 30.0 Å². The van der Waals surface area contributed by atoms with Crippen molar-refractivity contribution in [3.8, 4) is 11.3 Å². The highest BCUT2D eigenvalue weighted by molar-refractivity contribution is 5.63. The Kier molecular flexibility index (Phi) is 4.16. The highest BCUT2D eigenvalue weighted by atomic mass is 19.4. The van der Waals surface area contributed by atoms with Gasteiger partial charge in [0.25, 0.3) is 0 Å². The van der Waals surface area contributed by atoms with Crippen molar-refractivity contribution in [3.05, 3.63) is 41.3 Å². The van der Waals surface area contributed by atoms with Crippen LogP contribution in [-0.2, 0) is 17.5 Å². The number of rotatable bonds is 4. The van der Waals surface area contributed by atoms with E-state index in [0.717, 1.165) is 24.1 Å². The lowest BCUT2D eigenvalue weighted by atomic mass is 10.1. The van der Waals surface area contributed by atoms with E-state index in [-0.39, 0.29) is 0 Å². The molecule has 1 aromatic carbocycles. The summed E-state index contributed by atoms with van der Waals surface area (Å²) >= 11 is 0. The number of hydrogen-bond acceptors (Lipinski definition) is 2. The zero-order valence-electron chi connectivity index (χ0n) is 11.7. The summed E-state index contributed by atoms with van der Waals surface area (Å²) in [6.45, 7) is 4.04. The molecule has 21 heavy (non-hydrogen) atoms. The molecule has 0 fully saturated rings. The van der Waals surface area contributed by atoms with E-state index in [1.165, 1.54) is 6.07 Å². The van der Waals surface area contributed by atoms with E-state index in [9.17, 15) is 18.0 Å². The molecule has 0 unspecified atom stereocenters. The number of alkyl halides is 3. The Balaban J connectivity index is 2.45. The fourth-order valence-corrected chi connectivity index (χ4v) is 2.30. The van der Waals surface area contributed by atoms with Gasteiger partial charge in [-0.1, -0.05) is 12.1 Å². The first-order chi connectivity index (χ1) is 9.84. The third-order valence-corrected chi connectivity index (χ3v) is 3.35. The number of aromatic nitrogens is 2. The zero-order valence-corrected chi connectivity index (χ0v) is 11.7. The molecular formula is C15H15F3N2O. The van der Waals surface area contributed by atoms with Crippen molar-refractivity contribution in [1.82, 2.24) is 9.55 Å². The predicted octanol–water partition coefficient (Wildman–Crippen LogP) is 3.77. The van der Waals surface area contributed by atoms with Crippen LogP contribution in [0.3, 0.4) is 0 Å². The molecule has 0 amide bonds. The number of halogens is 3. The topological polar surface area (TPSA) is 34.9 Å². The van der Waals surface area contributed by atoms with Gasteiger partial charge in [0.2, 0.25) is 0 Å². The summed E-state index contributed by atoms with van der Waals surface area (Å²) in [5.74, 6) is 0.682. The van der Waals surface area contributed by atoms with E-state index >= 15 is 0 Å². The second kappa shape index (κ2) is 5.71. The molecule has 1 aromatic heterocycles. The summed E-state index contributed by atoms with van der Waals surface area (Å²) in [7, 11) is 0. The Morgan fingerprint density at radius 2 is 2.00 bits per heavy atom. The summed E-state index contributed by atoms with van der Waals surface area (Å²) in [6, 6.07) is 5.11. The van der Waals surface area contributed by atoms with Gasteiger partial charge in [-0.2, -0.15) is 13.2 Å². The molecule has 0 atom stereocenters. The number of carbonyl (C=O) groups is 1. The van der Waals surface area contributed by atoms with Crippen LogP contribution >= 0.6 is 0 Å². The minimum Gasteiger partial charge on any atom is -0.331 e. The lowest BCUT2D eigenvalue weighted by Gasteiger charge is -2.09. The normalized spacial score (nSPS) is 11.7. The highest BCUT2D eigenvalue weighted by Gasteiger charge is 2.30. The number of benzene rings is 1. The first-order valence-electron chi connectivity index (χ1n) is 6.49. The molecule has 2 aromatic rings. The largest absolute Gasteiger partial charge is 0.416 e. The summed E-state index contributed by atoms with van der Waals surface area (Å²) < 4.78 is 40.1. The van der Waals surface area contributed by atoms with E-state index in [4.69, 9.17) is 0 Å². The average Bonchev–Trinajstić information content (AvgIpc) is 2.71. The Morgan fingerprint density at radius 1 is 1.29 bits per heavy atom. The zero-order chi connectivity index (χ0) is 15.6. The number of carbonyl (C=O) groups excluding carboxylic acids is 1. The quantitative estimate of drug-likeness (QED) is 0.805. The summed E-state index contributed by atoms with van der Waals surface area (Å²) in [5, 5.41) is 0. The monoisotopic (exact) mass is 296 g/mol. The lowest BCUT2D eigenvalue weighted by molar-refractivity contribution is -0.137. The molecule has 6 heteroatoms. The molecule has 0 N–H and O–H groups in total. The van der Waals surface area contributed by atoms with Crippen LogP contribution in [-0.4, -0.2) is 15.8 Å². The fraction of sp³-hybridized carbons (Fsp3) is 0.333. The van der Waals surface area contributed by atoms with Gasteiger partial charge < -0.3 is 9.36 Å². The molecule has 0 saturated heterocycles. The molecule has 0 aliphatic carbocycles. The molecular weight excluding hydrogens is 281 g/mol. The van der Waals surface area contributed by atoms with Gasteiger partial charge >= 0.3 is 6.18 Å². The van der Waals surface area contributed by atoms with Gasteiger partial charge in [0.15, 0.2) is 0 Å². The fourth-order valence-electron chi connectivity index (χ4n) is 2.30. The van der Waals surface area contributed by atoms with Crippen molar-refractivity contribution in [2.24, 2.45) is 0 Å². The molecule has 0 saturated carbocycles. The van der Waals surface area contributed by atoms with Gasteiger partial charge in [0.1, 0.15) is 12.1 Å². The Hall–Kier alpha value is -2.11. The third-order valence-electron chi connectivity index (χ3n) is 3.35. The van der Waals surface area contributed by atoms with Gasteiger partial charge in [-0.3, -0.25) is 0 Å². The number of aryl methyl sites for hydroxylation is 1. The number of nitrogens with zero attached hydrogens (tertiary/aromatic N) is 2. The van der Waals surface area contributed by atoms with Crippen molar-refractivity contribution < 1.29 is 18.0 Å². The number of hydrogen-bond donors (Lipinski definition) is 0. The van der Waals surface area contributed by atoms with E-state index < -0.39 is 11.7 Å². The second-order valence-corrected chi connectivity index (χ2v) is 4.78. The Morgan fingerprint density at radius 3 is 2.62 bits per heavy atom. The molecule has 0 bridgehead atoms. The molecule has 0 spiro atoms. The van der Waals surface area contributed by atoms with Gasteiger partial charge in [-0.25, -0.2) is 4.98 Å². The third kappa shape index (κ3) is 3.15. The van der Waals surface area contributed by atoms with Crippen LogP contribution in [0.25, 0.3) is 11.3 Å². The minimum atomic E-state index is -4.38. The maximum absolute atomic E-state index is 12.8. The average molecular weight is 296 g/mol. The van der Waals surface area contributed by atoms with Crippen LogP contribution in [0.1, 0.15) is 23.5 Å². The van der Waals surface area contributed by atoms with E-state index in [1.807, 2.05) is 4.57 Å². The van der Waals surface area contributed by atoms with Crippen LogP contribution in [0.15, 0.2) is 24.3 Å². The van der Waals surface area contributed by atoms with Crippen molar-refractivity contribution in [3.63, 3.8) is 0 Å². The molecule has 112 valence electrons. The maximum Gasteiger partial charge on any atom is 0.416 e. The van der Waals surface area contributed by atoms with E-state index in [1.54, 1.807) is 19.9 Å². The SMILES string of the molecule is Cc1nc(-c2cccc(C(F)(F)F)c2)c(C)n1CCC=O. The van der Waals surface area contributed by atoms with Crippen LogP contribution in [0.2, 0.25) is 0 Å². The van der Waals surface area contributed by atoms with Crippen LogP contribution in [0.4, 0.5) is 13.2 Å². The molecule has 1 heterocycles. The van der Waals surface area contributed by atoms with Gasteiger partial charge in [0.05, 0.1) is 11.3 Å². The minimum absolute atomic E-state index is 0.347. The number of imidazole rings is 1. The predicted molar refractivity (Wildman–Crippen MR) is 72.8 cm³/mol. The van der Waals surface area contributed by atoms with Crippen molar-refractivity contribution in [1.29, 1.82) is 0 Å². The molecule has 0 aliphatic rings. The first kappa shape index (κ1) is 15.3. The van der Waals surface area contributed by atoms with Crippen LogP contribution in [0, 0.1) is 13.8 Å². The van der Waals surface area contributed by atoms with Crippen LogP contribution < -0.4 is 0 Å².